The van der Waals surface area contributed by atoms with Crippen molar-refractivity contribution in [3.8, 4) is 0 Å². The summed E-state index contributed by atoms with van der Waals surface area (Å²) in [7, 11) is 1.74. The Hall–Kier alpha value is -1.00. The van der Waals surface area contributed by atoms with Crippen molar-refractivity contribution in [2.75, 3.05) is 6.54 Å². The lowest BCUT2D eigenvalue weighted by atomic mass is 10.3. The minimum atomic E-state index is -0.547. The Morgan fingerprint density at radius 1 is 1.79 bits per heavy atom. The molecule has 0 aliphatic heterocycles. The van der Waals surface area contributed by atoms with Gasteiger partial charge in [-0.3, -0.25) is 4.79 Å². The van der Waals surface area contributed by atoms with Crippen molar-refractivity contribution < 1.29 is 9.90 Å². The maximum Gasteiger partial charge on any atom is 0.268 e. The largest absolute Gasteiger partial charge is 0.392 e. The summed E-state index contributed by atoms with van der Waals surface area (Å²) in [5.41, 5.74) is 0.482. The highest BCUT2D eigenvalue weighted by Crippen LogP contribution is 2.12. The van der Waals surface area contributed by atoms with Gasteiger partial charge in [-0.25, -0.2) is 0 Å². The minimum Gasteiger partial charge on any atom is -0.392 e. The first-order valence-corrected chi connectivity index (χ1v) is 4.66. The molecule has 4 nitrogen and oxygen atoms in total. The monoisotopic (exact) mass is 216 g/mol. The standard InChI is InChI=1S/C9H13ClN2O2/c1-6(13)4-11-9(14)8-3-7(10)5-12(8)2/h3,5-6,13H,4H2,1-2H3,(H,11,14)/t6-/m1/s1. The van der Waals surface area contributed by atoms with E-state index in [0.717, 1.165) is 0 Å². The number of aryl methyl sites for hydroxylation is 1. The molecule has 0 aliphatic rings. The van der Waals surface area contributed by atoms with Crippen molar-refractivity contribution in [3.05, 3.63) is 23.0 Å². The summed E-state index contributed by atoms with van der Waals surface area (Å²) in [6.45, 7) is 1.85. The predicted octanol–water partition coefficient (Wildman–Crippen LogP) is 0.789. The molecule has 0 spiro atoms. The number of rotatable bonds is 3. The van der Waals surface area contributed by atoms with Crippen molar-refractivity contribution in [2.24, 2.45) is 7.05 Å². The van der Waals surface area contributed by atoms with Crippen LogP contribution in [0.3, 0.4) is 0 Å². The van der Waals surface area contributed by atoms with Crippen LogP contribution in [0.2, 0.25) is 5.02 Å². The summed E-state index contributed by atoms with van der Waals surface area (Å²) in [6.07, 6.45) is 1.11. The highest BCUT2D eigenvalue weighted by atomic mass is 35.5. The first-order chi connectivity index (χ1) is 6.50. The molecule has 1 rings (SSSR count). The number of hydrogen-bond acceptors (Lipinski definition) is 2. The molecule has 0 aliphatic carbocycles. The van der Waals surface area contributed by atoms with Crippen molar-refractivity contribution in [1.82, 2.24) is 9.88 Å². The Morgan fingerprint density at radius 2 is 2.43 bits per heavy atom. The van der Waals surface area contributed by atoms with Crippen molar-refractivity contribution >= 4 is 17.5 Å². The lowest BCUT2D eigenvalue weighted by Crippen LogP contribution is -2.31. The molecule has 1 heterocycles. The Bertz CT molecular complexity index is 334. The molecular formula is C9H13ClN2O2. The maximum atomic E-state index is 11.5. The lowest BCUT2D eigenvalue weighted by molar-refractivity contribution is 0.0916. The number of nitrogens with zero attached hydrogens (tertiary/aromatic N) is 1. The molecular weight excluding hydrogens is 204 g/mol. The van der Waals surface area contributed by atoms with Gasteiger partial charge >= 0.3 is 0 Å². The average molecular weight is 217 g/mol. The molecule has 2 N–H and O–H groups in total. The molecule has 5 heteroatoms. The van der Waals surface area contributed by atoms with Crippen molar-refractivity contribution in [2.45, 2.75) is 13.0 Å². The molecule has 0 fully saturated rings. The van der Waals surface area contributed by atoms with Crippen LogP contribution in [0.5, 0.6) is 0 Å². The van der Waals surface area contributed by atoms with Gasteiger partial charge in [0.2, 0.25) is 0 Å². The van der Waals surface area contributed by atoms with Crippen molar-refractivity contribution in [1.29, 1.82) is 0 Å². The van der Waals surface area contributed by atoms with Gasteiger partial charge in [0.15, 0.2) is 0 Å². The predicted molar refractivity (Wildman–Crippen MR) is 54.4 cm³/mol. The third kappa shape index (κ3) is 2.75. The number of aromatic nitrogens is 1. The van der Waals surface area contributed by atoms with Crippen LogP contribution in [-0.2, 0) is 7.05 Å². The third-order valence-electron chi connectivity index (χ3n) is 1.76. The van der Waals surface area contributed by atoms with Crippen LogP contribution >= 0.6 is 11.6 Å². The molecule has 78 valence electrons. The zero-order chi connectivity index (χ0) is 10.7. The summed E-state index contributed by atoms with van der Waals surface area (Å²) >= 11 is 5.72. The Labute approximate surface area is 87.5 Å². The van der Waals surface area contributed by atoms with Gasteiger partial charge in [-0.15, -0.1) is 0 Å². The maximum absolute atomic E-state index is 11.5. The Balaban J connectivity index is 2.65. The number of nitrogens with one attached hydrogen (secondary N) is 1. The van der Waals surface area contributed by atoms with Crippen LogP contribution in [0.25, 0.3) is 0 Å². The van der Waals surface area contributed by atoms with E-state index in [1.165, 1.54) is 0 Å². The van der Waals surface area contributed by atoms with Gasteiger partial charge in [-0.2, -0.15) is 0 Å². The second kappa shape index (κ2) is 4.48. The molecule has 0 saturated carbocycles. The number of aliphatic hydroxyl groups is 1. The highest BCUT2D eigenvalue weighted by Gasteiger charge is 2.10. The van der Waals surface area contributed by atoms with Crippen molar-refractivity contribution in [3.63, 3.8) is 0 Å². The topological polar surface area (TPSA) is 54.3 Å². The number of carbonyl (C=O) groups is 1. The van der Waals surface area contributed by atoms with E-state index in [0.29, 0.717) is 10.7 Å². The van der Waals surface area contributed by atoms with Crippen LogP contribution in [0.15, 0.2) is 12.3 Å². The van der Waals surface area contributed by atoms with E-state index in [1.54, 1.807) is 30.8 Å². The smallest absolute Gasteiger partial charge is 0.268 e. The van der Waals surface area contributed by atoms with Gasteiger partial charge in [0, 0.05) is 19.8 Å². The lowest BCUT2D eigenvalue weighted by Gasteiger charge is -2.07. The summed E-state index contributed by atoms with van der Waals surface area (Å²) in [5.74, 6) is -0.236. The molecule has 1 aromatic rings. The molecule has 0 unspecified atom stereocenters. The third-order valence-corrected chi connectivity index (χ3v) is 1.97. The molecule has 0 saturated heterocycles. The summed E-state index contributed by atoms with van der Waals surface area (Å²) < 4.78 is 1.64. The summed E-state index contributed by atoms with van der Waals surface area (Å²) in [4.78, 5) is 11.5. The first kappa shape index (κ1) is 11.1. The zero-order valence-electron chi connectivity index (χ0n) is 8.12. The second-order valence-corrected chi connectivity index (χ2v) is 3.65. The van der Waals surface area contributed by atoms with Gasteiger partial charge < -0.3 is 15.0 Å². The van der Waals surface area contributed by atoms with Crippen LogP contribution < -0.4 is 5.32 Å². The highest BCUT2D eigenvalue weighted by molar-refractivity contribution is 6.31. The van der Waals surface area contributed by atoms with Gasteiger partial charge in [-0.1, -0.05) is 11.6 Å². The van der Waals surface area contributed by atoms with E-state index in [-0.39, 0.29) is 12.5 Å². The number of halogens is 1. The Kier molecular flexibility index (Phi) is 3.55. The fourth-order valence-electron chi connectivity index (χ4n) is 1.08. The van der Waals surface area contributed by atoms with Crippen LogP contribution in [0.4, 0.5) is 0 Å². The average Bonchev–Trinajstić information content (AvgIpc) is 2.41. The van der Waals surface area contributed by atoms with Gasteiger partial charge in [-0.05, 0) is 13.0 Å². The second-order valence-electron chi connectivity index (χ2n) is 3.21. The minimum absolute atomic E-state index is 0.236. The van der Waals surface area contributed by atoms with E-state index in [4.69, 9.17) is 16.7 Å². The van der Waals surface area contributed by atoms with E-state index in [9.17, 15) is 4.79 Å². The molecule has 0 bridgehead atoms. The number of amides is 1. The molecule has 1 amide bonds. The molecule has 0 aromatic carbocycles. The van der Waals surface area contributed by atoms with Crippen LogP contribution in [-0.4, -0.2) is 28.2 Å². The first-order valence-electron chi connectivity index (χ1n) is 4.29. The Morgan fingerprint density at radius 3 is 2.86 bits per heavy atom. The molecule has 1 atom stereocenters. The quantitative estimate of drug-likeness (QED) is 0.785. The van der Waals surface area contributed by atoms with Crippen LogP contribution in [0.1, 0.15) is 17.4 Å². The fourth-order valence-corrected chi connectivity index (χ4v) is 1.33. The summed E-state index contributed by atoms with van der Waals surface area (Å²) in [5, 5.41) is 12.1. The van der Waals surface area contributed by atoms with Gasteiger partial charge in [0.1, 0.15) is 5.69 Å². The van der Waals surface area contributed by atoms with Crippen LogP contribution in [0, 0.1) is 0 Å². The molecule has 14 heavy (non-hydrogen) atoms. The molecule has 0 radical (unpaired) electrons. The number of aliphatic hydroxyl groups excluding tert-OH is 1. The summed E-state index contributed by atoms with van der Waals surface area (Å²) in [6, 6.07) is 1.58. The van der Waals surface area contributed by atoms with E-state index >= 15 is 0 Å². The SMILES string of the molecule is C[C@@H](O)CNC(=O)c1cc(Cl)cn1C. The van der Waals surface area contributed by atoms with Gasteiger partial charge in [0.25, 0.3) is 5.91 Å². The normalized spacial score (nSPS) is 12.6. The fraction of sp³-hybridized carbons (Fsp3) is 0.444. The van der Waals surface area contributed by atoms with Gasteiger partial charge in [0.05, 0.1) is 11.1 Å². The van der Waals surface area contributed by atoms with E-state index in [2.05, 4.69) is 5.32 Å². The van der Waals surface area contributed by atoms with E-state index in [1.807, 2.05) is 0 Å². The number of carbonyl (C=O) groups excluding carboxylic acids is 1. The zero-order valence-corrected chi connectivity index (χ0v) is 8.88. The number of hydrogen-bond donors (Lipinski definition) is 2. The molecule has 1 aromatic heterocycles. The van der Waals surface area contributed by atoms with E-state index < -0.39 is 6.10 Å².